The number of likely N-dealkylation sites (N-methyl/N-ethyl adjacent to an activating group) is 1. The molecule has 2 unspecified atom stereocenters. The van der Waals surface area contributed by atoms with Crippen LogP contribution in [-0.4, -0.2) is 48.8 Å². The molecule has 0 fully saturated rings. The predicted octanol–water partition coefficient (Wildman–Crippen LogP) is 10.9. The number of unbranched alkanes of at least 4 members (excludes halogenated alkanes) is 1. The first kappa shape index (κ1) is 51.4. The van der Waals surface area contributed by atoms with Crippen molar-refractivity contribution < 1.29 is 19.2 Å². The second-order valence-electron chi connectivity index (χ2n) is 18.1. The Labute approximate surface area is 363 Å². The third-order valence-corrected chi connectivity index (χ3v) is 11.5. The second kappa shape index (κ2) is 25.8. The molecule has 0 aromatic carbocycles. The van der Waals surface area contributed by atoms with Gasteiger partial charge in [-0.3, -0.25) is 19.2 Å². The largest absolute Gasteiger partial charge is 0.355 e. The molecule has 60 heavy (non-hydrogen) atoms. The van der Waals surface area contributed by atoms with Crippen LogP contribution in [0.1, 0.15) is 147 Å². The van der Waals surface area contributed by atoms with Crippen molar-refractivity contribution in [3.63, 3.8) is 0 Å². The van der Waals surface area contributed by atoms with Crippen LogP contribution in [0.2, 0.25) is 0 Å². The lowest BCUT2D eigenvalue weighted by Gasteiger charge is -2.33. The maximum absolute atomic E-state index is 13.3. The van der Waals surface area contributed by atoms with Crippen LogP contribution in [0.3, 0.4) is 0 Å². The maximum Gasteiger partial charge on any atom is 0.244 e. The number of amides is 4. The zero-order valence-electron chi connectivity index (χ0n) is 39.2. The molecule has 0 heterocycles. The molecule has 8 nitrogen and oxygen atoms in total. The Kier molecular flexibility index (Phi) is 22.1. The highest BCUT2D eigenvalue weighted by Gasteiger charge is 2.28. The molecule has 0 radical (unpaired) electrons. The summed E-state index contributed by atoms with van der Waals surface area (Å²) in [4.78, 5) is 51.7. The molecule has 4 N–H and O–H groups in total. The molecule has 0 aromatic heterocycles. The lowest BCUT2D eigenvalue weighted by Crippen LogP contribution is -2.53. The Bertz CT molecular complexity index is 1820. The van der Waals surface area contributed by atoms with Crippen LogP contribution >= 0.6 is 0 Å². The molecule has 2 atom stereocenters. The van der Waals surface area contributed by atoms with E-state index in [9.17, 15) is 19.2 Å². The first-order chi connectivity index (χ1) is 28.3. The number of hydrogen-bond donors (Lipinski definition) is 4. The third kappa shape index (κ3) is 18.7. The second-order valence-corrected chi connectivity index (χ2v) is 18.1. The molecule has 0 aliphatic heterocycles. The van der Waals surface area contributed by atoms with Crippen molar-refractivity contribution in [2.45, 2.75) is 159 Å². The molecule has 2 aliphatic carbocycles. The Morgan fingerprint density at radius 2 is 1.12 bits per heavy atom. The molecule has 8 heteroatoms. The van der Waals surface area contributed by atoms with Gasteiger partial charge in [0.25, 0.3) is 0 Å². The van der Waals surface area contributed by atoms with Crippen molar-refractivity contribution in [3.05, 3.63) is 117 Å². The molecular weight excluding hydrogens is 745 g/mol. The van der Waals surface area contributed by atoms with Crippen molar-refractivity contribution in [1.82, 2.24) is 21.3 Å². The van der Waals surface area contributed by atoms with Gasteiger partial charge in [0.2, 0.25) is 23.6 Å². The maximum atomic E-state index is 13.3. The van der Waals surface area contributed by atoms with E-state index in [-0.39, 0.29) is 28.6 Å². The van der Waals surface area contributed by atoms with Gasteiger partial charge in [0.1, 0.15) is 12.1 Å². The van der Waals surface area contributed by atoms with Gasteiger partial charge < -0.3 is 21.3 Å². The van der Waals surface area contributed by atoms with E-state index in [1.807, 2.05) is 64.2 Å². The fourth-order valence-electron chi connectivity index (χ4n) is 7.92. The molecule has 330 valence electrons. The van der Waals surface area contributed by atoms with Crippen molar-refractivity contribution in [1.29, 1.82) is 0 Å². The van der Waals surface area contributed by atoms with Gasteiger partial charge in [-0.1, -0.05) is 118 Å². The predicted molar refractivity (Wildman–Crippen MR) is 252 cm³/mol. The van der Waals surface area contributed by atoms with Crippen LogP contribution in [0.4, 0.5) is 0 Å². The molecule has 0 saturated carbocycles. The zero-order chi connectivity index (χ0) is 44.9. The first-order valence-corrected chi connectivity index (χ1v) is 22.3. The van der Waals surface area contributed by atoms with Crippen LogP contribution in [0.5, 0.6) is 0 Å². The van der Waals surface area contributed by atoms with Gasteiger partial charge in [-0.05, 0) is 146 Å². The summed E-state index contributed by atoms with van der Waals surface area (Å²) in [5, 5.41) is 11.4. The molecule has 0 bridgehead atoms. The summed E-state index contributed by atoms with van der Waals surface area (Å²) in [6.45, 7) is 26.1. The molecule has 0 saturated heterocycles. The summed E-state index contributed by atoms with van der Waals surface area (Å²) in [5.74, 6) is -1.25. The summed E-state index contributed by atoms with van der Waals surface area (Å²) >= 11 is 0. The van der Waals surface area contributed by atoms with Crippen LogP contribution < -0.4 is 21.3 Å². The van der Waals surface area contributed by atoms with Crippen molar-refractivity contribution in [3.8, 4) is 0 Å². The van der Waals surface area contributed by atoms with Crippen LogP contribution in [-0.2, 0) is 19.2 Å². The minimum atomic E-state index is -0.799. The SMILES string of the molecule is CCNC(=O)C(CCCCNC(=O)/C=C(C)/C=C/C=C(C)/C=C/C1=C(C)CCCC1(C)C)NC(=O)C(CC)NC(=O)/C=C(C)/C=C/C=C(C)/C=C/C1=C(C)CCCC1(C)C. The van der Waals surface area contributed by atoms with Gasteiger partial charge in [-0.2, -0.15) is 0 Å². The average molecular weight is 823 g/mol. The molecular formula is C52H78N4O4. The summed E-state index contributed by atoms with van der Waals surface area (Å²) < 4.78 is 0. The fraction of sp³-hybridized carbons (Fsp3) is 0.538. The minimum absolute atomic E-state index is 0.180. The first-order valence-electron chi connectivity index (χ1n) is 22.3. The number of hydrogen-bond acceptors (Lipinski definition) is 4. The zero-order valence-corrected chi connectivity index (χ0v) is 39.2. The smallest absolute Gasteiger partial charge is 0.244 e. The fourth-order valence-corrected chi connectivity index (χ4v) is 7.92. The van der Waals surface area contributed by atoms with E-state index in [1.54, 1.807) is 6.08 Å². The Morgan fingerprint density at radius 1 is 0.617 bits per heavy atom. The van der Waals surface area contributed by atoms with Crippen molar-refractivity contribution in [2.24, 2.45) is 10.8 Å². The topological polar surface area (TPSA) is 116 Å². The van der Waals surface area contributed by atoms with Crippen LogP contribution in [0.15, 0.2) is 117 Å². The van der Waals surface area contributed by atoms with E-state index in [0.29, 0.717) is 38.8 Å². The van der Waals surface area contributed by atoms with Gasteiger partial charge in [0.05, 0.1) is 0 Å². The average Bonchev–Trinajstić information content (AvgIpc) is 3.15. The van der Waals surface area contributed by atoms with E-state index in [0.717, 1.165) is 28.7 Å². The summed E-state index contributed by atoms with van der Waals surface area (Å²) in [6.07, 6.45) is 32.8. The molecule has 0 aromatic rings. The highest BCUT2D eigenvalue weighted by atomic mass is 16.2. The Balaban J connectivity index is 1.87. The van der Waals surface area contributed by atoms with Crippen molar-refractivity contribution >= 4 is 23.6 Å². The number of carbonyl (C=O) groups is 4. The number of nitrogens with one attached hydrogen (secondary N) is 4. The summed E-state index contributed by atoms with van der Waals surface area (Å²) in [5.41, 5.74) is 10.0. The van der Waals surface area contributed by atoms with Gasteiger partial charge in [0, 0.05) is 25.2 Å². The van der Waals surface area contributed by atoms with Crippen LogP contribution in [0, 0.1) is 10.8 Å². The number of carbonyl (C=O) groups excluding carboxylic acids is 4. The van der Waals surface area contributed by atoms with E-state index in [2.05, 4.69) is 101 Å². The lowest BCUT2D eigenvalue weighted by molar-refractivity contribution is -0.131. The molecule has 0 spiro atoms. The monoisotopic (exact) mass is 823 g/mol. The molecule has 2 rings (SSSR count). The standard InChI is InChI=1S/C52H78N4O4/c1-13-45(55-48(58)36-40(6)24-18-22-38(4)29-31-44-42(8)26-20-33-52(44,11)12)50(60)56-46(49(59)53-14-2)27-15-16-34-54-47(57)35-39(5)23-17-21-37(3)28-30-43-41(7)25-19-32-51(43,9)10/h17-18,21-24,28-31,35-36,45-46H,13-16,19-20,25-27,32-34H2,1-12H3,(H,53,59)(H,54,57)(H,55,58)(H,56,60)/b23-17+,24-18+,30-28+,31-29+,37-21+,38-22+,39-35+,40-36+. The third-order valence-electron chi connectivity index (χ3n) is 11.5. The summed E-state index contributed by atoms with van der Waals surface area (Å²) in [7, 11) is 0. The highest BCUT2D eigenvalue weighted by molar-refractivity contribution is 5.95. The summed E-state index contributed by atoms with van der Waals surface area (Å²) in [6, 6.07) is -1.56. The van der Waals surface area contributed by atoms with Gasteiger partial charge >= 0.3 is 0 Å². The van der Waals surface area contributed by atoms with E-state index < -0.39 is 18.0 Å². The molecule has 2 aliphatic rings. The Hall–Kier alpha value is -4.72. The van der Waals surface area contributed by atoms with E-state index in [1.165, 1.54) is 60.5 Å². The lowest BCUT2D eigenvalue weighted by atomic mass is 9.72. The minimum Gasteiger partial charge on any atom is -0.355 e. The molecule has 4 amide bonds. The van der Waals surface area contributed by atoms with Gasteiger partial charge in [-0.15, -0.1) is 0 Å². The van der Waals surface area contributed by atoms with E-state index in [4.69, 9.17) is 0 Å². The number of rotatable bonds is 21. The normalized spacial score (nSPS) is 19.1. The Morgan fingerprint density at radius 3 is 1.58 bits per heavy atom. The highest BCUT2D eigenvalue weighted by Crippen LogP contribution is 2.41. The quantitative estimate of drug-likeness (QED) is 0.0524. The number of allylic oxidation sites excluding steroid dienone is 18. The van der Waals surface area contributed by atoms with E-state index >= 15 is 0 Å². The van der Waals surface area contributed by atoms with Crippen molar-refractivity contribution in [2.75, 3.05) is 13.1 Å². The van der Waals surface area contributed by atoms with Gasteiger partial charge in [-0.25, -0.2) is 0 Å². The van der Waals surface area contributed by atoms with Gasteiger partial charge in [0.15, 0.2) is 0 Å². The van der Waals surface area contributed by atoms with Crippen LogP contribution in [0.25, 0.3) is 0 Å².